The highest BCUT2D eigenvalue weighted by Gasteiger charge is 2.31. The molecule has 1 aromatic carbocycles. The highest BCUT2D eigenvalue weighted by Crippen LogP contribution is 2.33. The van der Waals surface area contributed by atoms with Gasteiger partial charge in [-0.1, -0.05) is 12.1 Å². The Hall–Kier alpha value is -1.85. The van der Waals surface area contributed by atoms with Gasteiger partial charge in [0.1, 0.15) is 6.10 Å². The van der Waals surface area contributed by atoms with E-state index in [0.29, 0.717) is 5.92 Å². The maximum absolute atomic E-state index is 5.96. The van der Waals surface area contributed by atoms with Gasteiger partial charge < -0.3 is 15.0 Å². The number of hydrogen-bond donors (Lipinski definition) is 1. The summed E-state index contributed by atoms with van der Waals surface area (Å²) in [4.78, 5) is 2.33. The summed E-state index contributed by atoms with van der Waals surface area (Å²) < 4.78 is 7.89. The summed E-state index contributed by atoms with van der Waals surface area (Å²) in [6.45, 7) is 3.88. The van der Waals surface area contributed by atoms with Gasteiger partial charge in [0.15, 0.2) is 0 Å². The first-order valence-electron chi connectivity index (χ1n) is 8.85. The molecule has 5 heteroatoms. The fourth-order valence-corrected chi connectivity index (χ4v) is 3.96. The van der Waals surface area contributed by atoms with Gasteiger partial charge in [0.05, 0.1) is 5.69 Å². The number of nitrogens with zero attached hydrogens (tertiary/aromatic N) is 3. The summed E-state index contributed by atoms with van der Waals surface area (Å²) in [7, 11) is 4.16. The van der Waals surface area contributed by atoms with Crippen LogP contribution in [0.25, 0.3) is 0 Å². The van der Waals surface area contributed by atoms with Crippen molar-refractivity contribution in [1.29, 1.82) is 0 Å². The van der Waals surface area contributed by atoms with E-state index in [0.717, 1.165) is 32.7 Å². The zero-order valence-electron chi connectivity index (χ0n) is 14.5. The molecule has 0 aliphatic carbocycles. The third-order valence-corrected chi connectivity index (χ3v) is 5.37. The molecule has 0 bridgehead atoms. The summed E-state index contributed by atoms with van der Waals surface area (Å²) in [5.74, 6) is 0.515. The Morgan fingerprint density at radius 3 is 3.04 bits per heavy atom. The molecule has 2 atom stereocenters. The van der Waals surface area contributed by atoms with Crippen LogP contribution in [0.5, 0.6) is 0 Å². The van der Waals surface area contributed by atoms with Gasteiger partial charge in [0.25, 0.3) is 0 Å². The van der Waals surface area contributed by atoms with Gasteiger partial charge in [0.2, 0.25) is 0 Å². The molecule has 0 spiro atoms. The second kappa shape index (κ2) is 6.57. The van der Waals surface area contributed by atoms with Gasteiger partial charge in [-0.25, -0.2) is 0 Å². The van der Waals surface area contributed by atoms with Crippen LogP contribution < -0.4 is 10.2 Å². The van der Waals surface area contributed by atoms with Gasteiger partial charge in [-0.15, -0.1) is 0 Å². The van der Waals surface area contributed by atoms with Crippen LogP contribution in [0.4, 0.5) is 5.69 Å². The average molecular weight is 326 g/mol. The summed E-state index contributed by atoms with van der Waals surface area (Å²) in [6, 6.07) is 8.93. The third kappa shape index (κ3) is 2.94. The standard InChI is InChI=1S/C19H26N4O/c1-22-9-6-15-11-14(3-4-17(15)22)12-20-13-16-7-10-24-19(16)18-5-8-21-23(18)2/h3-5,8,11,16,19-20H,6-7,9-10,12-13H2,1-2H3/t16-,19+/m0/s1. The molecule has 128 valence electrons. The van der Waals surface area contributed by atoms with E-state index in [1.807, 2.05) is 17.9 Å². The minimum absolute atomic E-state index is 0.165. The zero-order valence-corrected chi connectivity index (χ0v) is 14.5. The Balaban J connectivity index is 1.35. The van der Waals surface area contributed by atoms with Crippen LogP contribution in [-0.4, -0.2) is 36.5 Å². The predicted molar refractivity (Wildman–Crippen MR) is 95.1 cm³/mol. The molecule has 0 saturated carbocycles. The number of nitrogens with one attached hydrogen (secondary N) is 1. The normalized spacial score (nSPS) is 23.0. The first kappa shape index (κ1) is 15.7. The zero-order chi connectivity index (χ0) is 16.5. The molecule has 0 unspecified atom stereocenters. The van der Waals surface area contributed by atoms with E-state index in [4.69, 9.17) is 4.74 Å². The van der Waals surface area contributed by atoms with Crippen molar-refractivity contribution < 1.29 is 4.74 Å². The van der Waals surface area contributed by atoms with Crippen LogP contribution in [0.1, 0.15) is 29.3 Å². The largest absolute Gasteiger partial charge is 0.374 e. The summed E-state index contributed by atoms with van der Waals surface area (Å²) >= 11 is 0. The molecular formula is C19H26N4O. The number of anilines is 1. The first-order valence-corrected chi connectivity index (χ1v) is 8.85. The molecule has 2 aliphatic rings. The van der Waals surface area contributed by atoms with Crippen LogP contribution in [0.2, 0.25) is 0 Å². The van der Waals surface area contributed by atoms with E-state index in [1.54, 1.807) is 0 Å². The molecule has 4 rings (SSSR count). The molecule has 2 aliphatic heterocycles. The number of fused-ring (bicyclic) bond motifs is 1. The number of aryl methyl sites for hydroxylation is 1. The lowest BCUT2D eigenvalue weighted by Gasteiger charge is -2.19. The molecule has 24 heavy (non-hydrogen) atoms. The molecule has 1 saturated heterocycles. The fourth-order valence-electron chi connectivity index (χ4n) is 3.96. The van der Waals surface area contributed by atoms with Crippen molar-refractivity contribution in [2.75, 3.05) is 31.6 Å². The van der Waals surface area contributed by atoms with Crippen molar-refractivity contribution >= 4 is 5.69 Å². The Labute approximate surface area is 143 Å². The van der Waals surface area contributed by atoms with Crippen LogP contribution >= 0.6 is 0 Å². The van der Waals surface area contributed by atoms with E-state index in [-0.39, 0.29) is 6.10 Å². The number of hydrogen-bond acceptors (Lipinski definition) is 4. The van der Waals surface area contributed by atoms with Crippen LogP contribution in [0, 0.1) is 5.92 Å². The van der Waals surface area contributed by atoms with Crippen molar-refractivity contribution in [2.45, 2.75) is 25.5 Å². The lowest BCUT2D eigenvalue weighted by atomic mass is 9.98. The Kier molecular flexibility index (Phi) is 4.29. The van der Waals surface area contributed by atoms with Gasteiger partial charge in [-0.05, 0) is 36.1 Å². The van der Waals surface area contributed by atoms with Gasteiger partial charge in [0, 0.05) is 58.1 Å². The molecule has 1 N–H and O–H groups in total. The number of benzene rings is 1. The van der Waals surface area contributed by atoms with Crippen molar-refractivity contribution in [1.82, 2.24) is 15.1 Å². The Bertz CT molecular complexity index is 711. The molecule has 1 fully saturated rings. The van der Waals surface area contributed by atoms with Gasteiger partial charge in [-0.2, -0.15) is 5.10 Å². The van der Waals surface area contributed by atoms with Crippen LogP contribution in [0.3, 0.4) is 0 Å². The molecule has 1 aromatic heterocycles. The molecular weight excluding hydrogens is 300 g/mol. The third-order valence-electron chi connectivity index (χ3n) is 5.37. The van der Waals surface area contributed by atoms with E-state index in [1.165, 1.54) is 28.9 Å². The molecule has 0 radical (unpaired) electrons. The maximum atomic E-state index is 5.96. The lowest BCUT2D eigenvalue weighted by Crippen LogP contribution is -2.25. The highest BCUT2D eigenvalue weighted by molar-refractivity contribution is 5.58. The summed E-state index contributed by atoms with van der Waals surface area (Å²) in [6.07, 6.45) is 4.29. The topological polar surface area (TPSA) is 42.3 Å². The minimum Gasteiger partial charge on any atom is -0.374 e. The molecule has 5 nitrogen and oxygen atoms in total. The second-order valence-electron chi connectivity index (χ2n) is 6.99. The highest BCUT2D eigenvalue weighted by atomic mass is 16.5. The number of rotatable bonds is 5. The monoisotopic (exact) mass is 326 g/mol. The lowest BCUT2D eigenvalue weighted by molar-refractivity contribution is 0.0838. The van der Waals surface area contributed by atoms with E-state index < -0.39 is 0 Å². The summed E-state index contributed by atoms with van der Waals surface area (Å²) in [5.41, 5.74) is 5.42. The Morgan fingerprint density at radius 1 is 1.29 bits per heavy atom. The van der Waals surface area contributed by atoms with E-state index in [2.05, 4.69) is 46.6 Å². The predicted octanol–water partition coefficient (Wildman–Crippen LogP) is 2.28. The Morgan fingerprint density at radius 2 is 2.21 bits per heavy atom. The first-order chi connectivity index (χ1) is 11.7. The van der Waals surface area contributed by atoms with Crippen LogP contribution in [-0.2, 0) is 24.8 Å². The van der Waals surface area contributed by atoms with Gasteiger partial charge >= 0.3 is 0 Å². The smallest absolute Gasteiger partial charge is 0.103 e. The quantitative estimate of drug-likeness (QED) is 0.915. The minimum atomic E-state index is 0.165. The fraction of sp³-hybridized carbons (Fsp3) is 0.526. The van der Waals surface area contributed by atoms with Gasteiger partial charge in [-0.3, -0.25) is 4.68 Å². The average Bonchev–Trinajstić information content (AvgIpc) is 3.28. The van der Waals surface area contributed by atoms with Crippen molar-refractivity contribution in [3.05, 3.63) is 47.3 Å². The van der Waals surface area contributed by atoms with Crippen molar-refractivity contribution in [2.24, 2.45) is 13.0 Å². The maximum Gasteiger partial charge on any atom is 0.103 e. The molecule has 0 amide bonds. The van der Waals surface area contributed by atoms with E-state index in [9.17, 15) is 0 Å². The number of likely N-dealkylation sites (N-methyl/N-ethyl adjacent to an activating group) is 1. The number of ether oxygens (including phenoxy) is 1. The van der Waals surface area contributed by atoms with Crippen molar-refractivity contribution in [3.63, 3.8) is 0 Å². The van der Waals surface area contributed by atoms with Crippen LogP contribution in [0.15, 0.2) is 30.5 Å². The number of aromatic nitrogens is 2. The van der Waals surface area contributed by atoms with Crippen molar-refractivity contribution in [3.8, 4) is 0 Å². The molecule has 3 heterocycles. The molecule has 2 aromatic rings. The van der Waals surface area contributed by atoms with E-state index >= 15 is 0 Å². The SMILES string of the molecule is CN1CCc2cc(CNC[C@@H]3CCO[C@H]3c3ccnn3C)ccc21. The second-order valence-corrected chi connectivity index (χ2v) is 6.99. The summed E-state index contributed by atoms with van der Waals surface area (Å²) in [5, 5.41) is 7.91.